The Hall–Kier alpha value is -0.710. The van der Waals surface area contributed by atoms with Crippen LogP contribution in [0, 0.1) is 0 Å². The van der Waals surface area contributed by atoms with Gasteiger partial charge in [0.2, 0.25) is 0 Å². The molecule has 0 aliphatic heterocycles. The summed E-state index contributed by atoms with van der Waals surface area (Å²) in [5.74, 6) is 0. The lowest BCUT2D eigenvalue weighted by Crippen LogP contribution is -2.24. The average Bonchev–Trinajstić information content (AvgIpc) is 2.45. The molecule has 0 bridgehead atoms. The summed E-state index contributed by atoms with van der Waals surface area (Å²) in [5, 5.41) is 3.61. The van der Waals surface area contributed by atoms with Gasteiger partial charge in [-0.25, -0.2) is 0 Å². The van der Waals surface area contributed by atoms with Crippen LogP contribution >= 0.6 is 31.9 Å². The molecule has 0 aliphatic carbocycles. The van der Waals surface area contributed by atoms with Gasteiger partial charge in [0.05, 0.1) is 0 Å². The fourth-order valence-corrected chi connectivity index (χ4v) is 2.96. The van der Waals surface area contributed by atoms with Gasteiger partial charge in [-0.15, -0.1) is 0 Å². The Labute approximate surface area is 137 Å². The molecule has 1 aromatic carbocycles. The molecule has 1 heterocycles. The normalized spacial score (nSPS) is 12.3. The van der Waals surface area contributed by atoms with E-state index in [1.807, 2.05) is 18.5 Å². The molecule has 0 saturated carbocycles. The van der Waals surface area contributed by atoms with Gasteiger partial charge in [0.25, 0.3) is 0 Å². The molecule has 0 radical (unpaired) electrons. The predicted octanol–water partition coefficient (Wildman–Crippen LogP) is 4.89. The second-order valence-electron chi connectivity index (χ2n) is 4.74. The Balaban J connectivity index is 2.21. The molecule has 1 N–H and O–H groups in total. The van der Waals surface area contributed by atoms with Crippen molar-refractivity contribution in [3.63, 3.8) is 0 Å². The van der Waals surface area contributed by atoms with E-state index < -0.39 is 0 Å². The number of rotatable bonds is 6. The van der Waals surface area contributed by atoms with E-state index in [-0.39, 0.29) is 6.04 Å². The molecule has 2 nitrogen and oxygen atoms in total. The van der Waals surface area contributed by atoms with Crippen LogP contribution < -0.4 is 5.32 Å². The Morgan fingerprint density at radius 2 is 2.00 bits per heavy atom. The Morgan fingerprint density at radius 3 is 2.70 bits per heavy atom. The van der Waals surface area contributed by atoms with Gasteiger partial charge in [-0.2, -0.15) is 0 Å². The van der Waals surface area contributed by atoms with Gasteiger partial charge in [-0.3, -0.25) is 4.98 Å². The molecule has 0 spiro atoms. The molecule has 1 aromatic heterocycles. The number of pyridine rings is 1. The zero-order chi connectivity index (χ0) is 14.4. The van der Waals surface area contributed by atoms with Crippen molar-refractivity contribution in [3.8, 4) is 0 Å². The standard InChI is InChI=1S/C16H18Br2N2/c1-2-7-20-16(13-8-14(17)11-19-10-13)9-12-5-3-4-6-15(12)18/h3-6,8,10-11,16,20H,2,7,9H2,1H3. The second-order valence-corrected chi connectivity index (χ2v) is 6.51. The van der Waals surface area contributed by atoms with Gasteiger partial charge in [0.1, 0.15) is 0 Å². The Kier molecular flexibility index (Phi) is 6.20. The van der Waals surface area contributed by atoms with Crippen LogP contribution in [-0.4, -0.2) is 11.5 Å². The third kappa shape index (κ3) is 4.40. The lowest BCUT2D eigenvalue weighted by molar-refractivity contribution is 0.527. The van der Waals surface area contributed by atoms with Gasteiger partial charge in [-0.05, 0) is 58.6 Å². The van der Waals surface area contributed by atoms with Crippen molar-refractivity contribution in [3.05, 3.63) is 62.8 Å². The van der Waals surface area contributed by atoms with Crippen LogP contribution in [0.15, 0.2) is 51.7 Å². The van der Waals surface area contributed by atoms with E-state index in [9.17, 15) is 0 Å². The van der Waals surface area contributed by atoms with E-state index in [0.29, 0.717) is 0 Å². The third-order valence-electron chi connectivity index (χ3n) is 3.15. The molecule has 0 fully saturated rings. The summed E-state index contributed by atoms with van der Waals surface area (Å²) in [6, 6.07) is 10.8. The molecule has 106 valence electrons. The fourth-order valence-electron chi connectivity index (χ4n) is 2.13. The van der Waals surface area contributed by atoms with E-state index in [4.69, 9.17) is 0 Å². The molecule has 0 saturated heterocycles. The first-order valence-corrected chi connectivity index (χ1v) is 8.36. The van der Waals surface area contributed by atoms with Gasteiger partial charge in [-0.1, -0.05) is 41.1 Å². The van der Waals surface area contributed by atoms with Crippen molar-refractivity contribution >= 4 is 31.9 Å². The van der Waals surface area contributed by atoms with Gasteiger partial charge >= 0.3 is 0 Å². The highest BCUT2D eigenvalue weighted by atomic mass is 79.9. The number of hydrogen-bond donors (Lipinski definition) is 1. The number of nitrogens with one attached hydrogen (secondary N) is 1. The van der Waals surface area contributed by atoms with Crippen molar-refractivity contribution in [2.24, 2.45) is 0 Å². The van der Waals surface area contributed by atoms with Gasteiger partial charge in [0, 0.05) is 27.4 Å². The molecule has 2 aromatic rings. The highest BCUT2D eigenvalue weighted by Crippen LogP contribution is 2.25. The second kappa shape index (κ2) is 7.91. The summed E-state index contributed by atoms with van der Waals surface area (Å²) >= 11 is 7.13. The summed E-state index contributed by atoms with van der Waals surface area (Å²) < 4.78 is 2.18. The van der Waals surface area contributed by atoms with Crippen LogP contribution in [-0.2, 0) is 6.42 Å². The quantitative estimate of drug-likeness (QED) is 0.750. The summed E-state index contributed by atoms with van der Waals surface area (Å²) in [4.78, 5) is 4.28. The van der Waals surface area contributed by atoms with E-state index in [2.05, 4.69) is 73.3 Å². The summed E-state index contributed by atoms with van der Waals surface area (Å²) in [6.07, 6.45) is 5.82. The average molecular weight is 398 g/mol. The highest BCUT2D eigenvalue weighted by Gasteiger charge is 2.13. The molecule has 4 heteroatoms. The van der Waals surface area contributed by atoms with Crippen molar-refractivity contribution in [1.29, 1.82) is 0 Å². The molecular formula is C16H18Br2N2. The zero-order valence-electron chi connectivity index (χ0n) is 11.4. The minimum atomic E-state index is 0.277. The molecule has 0 aliphatic rings. The van der Waals surface area contributed by atoms with Crippen molar-refractivity contribution in [2.45, 2.75) is 25.8 Å². The first-order chi connectivity index (χ1) is 9.70. The lowest BCUT2D eigenvalue weighted by atomic mass is 10.00. The third-order valence-corrected chi connectivity index (χ3v) is 4.36. The zero-order valence-corrected chi connectivity index (χ0v) is 14.6. The number of aromatic nitrogens is 1. The van der Waals surface area contributed by atoms with Crippen LogP contribution in [0.2, 0.25) is 0 Å². The van der Waals surface area contributed by atoms with Crippen LogP contribution in [0.25, 0.3) is 0 Å². The number of hydrogen-bond acceptors (Lipinski definition) is 2. The molecular weight excluding hydrogens is 380 g/mol. The number of halogens is 2. The van der Waals surface area contributed by atoms with Crippen LogP contribution in [0.4, 0.5) is 0 Å². The molecule has 1 unspecified atom stereocenters. The maximum Gasteiger partial charge on any atom is 0.0410 e. The van der Waals surface area contributed by atoms with E-state index in [0.717, 1.165) is 28.3 Å². The summed E-state index contributed by atoms with van der Waals surface area (Å²) in [6.45, 7) is 3.18. The lowest BCUT2D eigenvalue weighted by Gasteiger charge is -2.19. The first-order valence-electron chi connectivity index (χ1n) is 6.78. The SMILES string of the molecule is CCCNC(Cc1ccccc1Br)c1cncc(Br)c1. The summed E-state index contributed by atoms with van der Waals surface area (Å²) in [7, 11) is 0. The van der Waals surface area contributed by atoms with Crippen LogP contribution in [0.1, 0.15) is 30.5 Å². The van der Waals surface area contributed by atoms with Crippen LogP contribution in [0.5, 0.6) is 0 Å². The van der Waals surface area contributed by atoms with Crippen LogP contribution in [0.3, 0.4) is 0 Å². The topological polar surface area (TPSA) is 24.9 Å². The van der Waals surface area contributed by atoms with Crippen molar-refractivity contribution in [1.82, 2.24) is 10.3 Å². The van der Waals surface area contributed by atoms with Gasteiger partial charge < -0.3 is 5.32 Å². The van der Waals surface area contributed by atoms with E-state index >= 15 is 0 Å². The Morgan fingerprint density at radius 1 is 1.20 bits per heavy atom. The number of benzene rings is 1. The summed E-state index contributed by atoms with van der Waals surface area (Å²) in [5.41, 5.74) is 2.52. The maximum absolute atomic E-state index is 4.28. The monoisotopic (exact) mass is 396 g/mol. The smallest absolute Gasteiger partial charge is 0.0410 e. The minimum absolute atomic E-state index is 0.277. The number of nitrogens with zero attached hydrogens (tertiary/aromatic N) is 1. The van der Waals surface area contributed by atoms with Crippen molar-refractivity contribution in [2.75, 3.05) is 6.54 Å². The van der Waals surface area contributed by atoms with E-state index in [1.54, 1.807) is 0 Å². The largest absolute Gasteiger partial charge is 0.310 e. The molecule has 2 rings (SSSR count). The molecule has 1 atom stereocenters. The highest BCUT2D eigenvalue weighted by molar-refractivity contribution is 9.10. The fraction of sp³-hybridized carbons (Fsp3) is 0.312. The van der Waals surface area contributed by atoms with Gasteiger partial charge in [0.15, 0.2) is 0 Å². The first kappa shape index (κ1) is 15.7. The Bertz CT molecular complexity index is 558. The minimum Gasteiger partial charge on any atom is -0.310 e. The maximum atomic E-state index is 4.28. The van der Waals surface area contributed by atoms with Crippen molar-refractivity contribution < 1.29 is 0 Å². The predicted molar refractivity (Wildman–Crippen MR) is 90.8 cm³/mol. The molecule has 20 heavy (non-hydrogen) atoms. The van der Waals surface area contributed by atoms with E-state index in [1.165, 1.54) is 11.1 Å². The molecule has 0 amide bonds.